The normalized spacial score (nSPS) is 13.4. The molecule has 0 aliphatic carbocycles. The van der Waals surface area contributed by atoms with Crippen molar-refractivity contribution >= 4 is 5.97 Å². The van der Waals surface area contributed by atoms with Crippen LogP contribution in [0.1, 0.15) is 53.4 Å². The lowest BCUT2D eigenvalue weighted by atomic mass is 10.1. The van der Waals surface area contributed by atoms with Crippen LogP contribution in [0.2, 0.25) is 0 Å². The third-order valence-electron chi connectivity index (χ3n) is 2.79. The lowest BCUT2D eigenvalue weighted by molar-refractivity contribution is -0.139. The van der Waals surface area contributed by atoms with Crippen LogP contribution < -0.4 is 0 Å². The molecule has 0 aliphatic rings. The summed E-state index contributed by atoms with van der Waals surface area (Å²) in [6.07, 6.45) is 4.77. The van der Waals surface area contributed by atoms with Gasteiger partial charge in [-0.3, -0.25) is 9.69 Å². The maximum absolute atomic E-state index is 10.8. The van der Waals surface area contributed by atoms with E-state index in [1.165, 1.54) is 19.3 Å². The lowest BCUT2D eigenvalue weighted by Gasteiger charge is -2.29. The molecule has 0 aliphatic heterocycles. The van der Waals surface area contributed by atoms with Crippen molar-refractivity contribution in [1.82, 2.24) is 4.90 Å². The number of hydrogen-bond acceptors (Lipinski definition) is 2. The first-order chi connectivity index (χ1) is 7.47. The Morgan fingerprint density at radius 1 is 1.25 bits per heavy atom. The van der Waals surface area contributed by atoms with Gasteiger partial charge in [-0.25, -0.2) is 0 Å². The van der Waals surface area contributed by atoms with Crippen molar-refractivity contribution in [3.8, 4) is 0 Å². The molecule has 96 valence electrons. The molecule has 3 nitrogen and oxygen atoms in total. The van der Waals surface area contributed by atoms with Crippen LogP contribution >= 0.6 is 0 Å². The van der Waals surface area contributed by atoms with Gasteiger partial charge in [0.1, 0.15) is 0 Å². The molecule has 0 heterocycles. The van der Waals surface area contributed by atoms with Crippen LogP contribution in [0, 0.1) is 5.92 Å². The van der Waals surface area contributed by atoms with Gasteiger partial charge in [0.05, 0.1) is 6.54 Å². The number of hydrogen-bond donors (Lipinski definition) is 1. The molecular formula is C13H27NO2. The first-order valence-corrected chi connectivity index (χ1v) is 6.43. The number of unbranched alkanes of at least 4 members (excludes halogenated alkanes) is 2. The molecule has 0 aromatic heterocycles. The molecule has 0 amide bonds. The van der Waals surface area contributed by atoms with E-state index < -0.39 is 5.97 Å². The third-order valence-corrected chi connectivity index (χ3v) is 2.79. The average molecular weight is 229 g/mol. The minimum Gasteiger partial charge on any atom is -0.480 e. The van der Waals surface area contributed by atoms with E-state index in [0.29, 0.717) is 12.0 Å². The minimum atomic E-state index is -0.719. The molecule has 0 fully saturated rings. The van der Waals surface area contributed by atoms with E-state index in [9.17, 15) is 4.79 Å². The molecule has 0 spiro atoms. The summed E-state index contributed by atoms with van der Waals surface area (Å²) in [4.78, 5) is 12.9. The topological polar surface area (TPSA) is 40.5 Å². The Labute approximate surface area is 99.8 Å². The summed E-state index contributed by atoms with van der Waals surface area (Å²) in [5, 5.41) is 8.88. The third kappa shape index (κ3) is 7.69. The van der Waals surface area contributed by atoms with E-state index in [2.05, 4.69) is 32.6 Å². The molecule has 0 saturated heterocycles. The highest BCUT2D eigenvalue weighted by molar-refractivity contribution is 5.69. The summed E-state index contributed by atoms with van der Waals surface area (Å²) in [6.45, 7) is 9.64. The van der Waals surface area contributed by atoms with Gasteiger partial charge in [-0.2, -0.15) is 0 Å². The molecule has 1 unspecified atom stereocenters. The van der Waals surface area contributed by atoms with Crippen LogP contribution in [-0.2, 0) is 4.79 Å². The number of carboxylic acids is 1. The summed E-state index contributed by atoms with van der Waals surface area (Å²) < 4.78 is 0. The second kappa shape index (κ2) is 8.57. The van der Waals surface area contributed by atoms with Gasteiger partial charge in [0.25, 0.3) is 0 Å². The highest BCUT2D eigenvalue weighted by atomic mass is 16.4. The monoisotopic (exact) mass is 229 g/mol. The fourth-order valence-electron chi connectivity index (χ4n) is 1.92. The predicted molar refractivity (Wildman–Crippen MR) is 67.7 cm³/mol. The molecule has 0 aromatic rings. The molecule has 0 bridgehead atoms. The van der Waals surface area contributed by atoms with Gasteiger partial charge < -0.3 is 5.11 Å². The second-order valence-electron chi connectivity index (χ2n) is 5.06. The summed E-state index contributed by atoms with van der Waals surface area (Å²) in [7, 11) is 0. The van der Waals surface area contributed by atoms with Gasteiger partial charge in [0.15, 0.2) is 0 Å². The summed E-state index contributed by atoms with van der Waals surface area (Å²) in [6, 6.07) is 0.380. The van der Waals surface area contributed by atoms with E-state index in [-0.39, 0.29) is 6.54 Å². The van der Waals surface area contributed by atoms with Crippen molar-refractivity contribution in [1.29, 1.82) is 0 Å². The van der Waals surface area contributed by atoms with Crippen LogP contribution in [0.5, 0.6) is 0 Å². The Morgan fingerprint density at radius 2 is 1.88 bits per heavy atom. The number of carboxylic acid groups (broad SMARTS) is 1. The van der Waals surface area contributed by atoms with Gasteiger partial charge in [0.2, 0.25) is 0 Å². The molecule has 0 rings (SSSR count). The minimum absolute atomic E-state index is 0.172. The number of aliphatic carboxylic acids is 1. The molecule has 0 radical (unpaired) electrons. The van der Waals surface area contributed by atoms with Crippen molar-refractivity contribution < 1.29 is 9.90 Å². The number of nitrogens with zero attached hydrogens (tertiary/aromatic N) is 1. The predicted octanol–water partition coefficient (Wildman–Crippen LogP) is 3.00. The summed E-state index contributed by atoms with van der Waals surface area (Å²) in [5.41, 5.74) is 0. The fourth-order valence-corrected chi connectivity index (χ4v) is 1.92. The molecule has 1 N–H and O–H groups in total. The second-order valence-corrected chi connectivity index (χ2v) is 5.06. The van der Waals surface area contributed by atoms with Crippen molar-refractivity contribution in [3.63, 3.8) is 0 Å². The molecule has 3 heteroatoms. The Morgan fingerprint density at radius 3 is 2.31 bits per heavy atom. The SMILES string of the molecule is CCCCCC(C)N(CC(=O)O)CC(C)C. The van der Waals surface area contributed by atoms with Crippen LogP contribution in [0.25, 0.3) is 0 Å². The Bertz CT molecular complexity index is 192. The fraction of sp³-hybridized carbons (Fsp3) is 0.923. The quantitative estimate of drug-likeness (QED) is 0.618. The Kier molecular flexibility index (Phi) is 8.26. The van der Waals surface area contributed by atoms with Crippen LogP contribution in [0.4, 0.5) is 0 Å². The van der Waals surface area contributed by atoms with E-state index >= 15 is 0 Å². The Balaban J connectivity index is 4.09. The van der Waals surface area contributed by atoms with Crippen molar-refractivity contribution in [2.45, 2.75) is 59.4 Å². The number of carbonyl (C=O) groups is 1. The molecule has 0 aromatic carbocycles. The zero-order valence-corrected chi connectivity index (χ0v) is 11.2. The number of rotatable bonds is 9. The smallest absolute Gasteiger partial charge is 0.317 e. The van der Waals surface area contributed by atoms with Gasteiger partial charge in [-0.15, -0.1) is 0 Å². The van der Waals surface area contributed by atoms with Crippen LogP contribution in [-0.4, -0.2) is 35.1 Å². The standard InChI is InChI=1S/C13H27NO2/c1-5-6-7-8-12(4)14(9-11(2)3)10-13(15)16/h11-12H,5-10H2,1-4H3,(H,15,16). The zero-order chi connectivity index (χ0) is 12.6. The summed E-state index contributed by atoms with van der Waals surface area (Å²) >= 11 is 0. The largest absolute Gasteiger partial charge is 0.480 e. The van der Waals surface area contributed by atoms with Gasteiger partial charge >= 0.3 is 5.97 Å². The molecule has 16 heavy (non-hydrogen) atoms. The average Bonchev–Trinajstić information content (AvgIpc) is 2.15. The highest BCUT2D eigenvalue weighted by Gasteiger charge is 2.17. The first-order valence-electron chi connectivity index (χ1n) is 6.43. The van der Waals surface area contributed by atoms with Gasteiger partial charge in [0, 0.05) is 12.6 Å². The van der Waals surface area contributed by atoms with Gasteiger partial charge in [-0.1, -0.05) is 40.0 Å². The van der Waals surface area contributed by atoms with E-state index in [4.69, 9.17) is 5.11 Å². The lowest BCUT2D eigenvalue weighted by Crippen LogP contribution is -2.39. The maximum Gasteiger partial charge on any atom is 0.317 e. The van der Waals surface area contributed by atoms with Crippen LogP contribution in [0.3, 0.4) is 0 Å². The maximum atomic E-state index is 10.8. The van der Waals surface area contributed by atoms with Crippen molar-refractivity contribution in [2.24, 2.45) is 5.92 Å². The van der Waals surface area contributed by atoms with Crippen molar-refractivity contribution in [2.75, 3.05) is 13.1 Å². The van der Waals surface area contributed by atoms with Crippen molar-refractivity contribution in [3.05, 3.63) is 0 Å². The first kappa shape index (κ1) is 15.4. The summed E-state index contributed by atoms with van der Waals surface area (Å²) in [5.74, 6) is -0.198. The van der Waals surface area contributed by atoms with Gasteiger partial charge in [-0.05, 0) is 19.3 Å². The van der Waals surface area contributed by atoms with E-state index in [1.807, 2.05) is 0 Å². The molecule has 0 saturated carbocycles. The highest BCUT2D eigenvalue weighted by Crippen LogP contribution is 2.11. The van der Waals surface area contributed by atoms with E-state index in [1.54, 1.807) is 0 Å². The Hall–Kier alpha value is -0.570. The molecular weight excluding hydrogens is 202 g/mol. The van der Waals surface area contributed by atoms with E-state index in [0.717, 1.165) is 13.0 Å². The zero-order valence-electron chi connectivity index (χ0n) is 11.2. The van der Waals surface area contributed by atoms with Crippen LogP contribution in [0.15, 0.2) is 0 Å². The molecule has 1 atom stereocenters.